The lowest BCUT2D eigenvalue weighted by Gasteiger charge is -2.21. The minimum atomic E-state index is -1.82. The number of rotatable bonds is 23. The quantitative estimate of drug-likeness (QED) is 0.0470. The second-order valence-electron chi connectivity index (χ2n) is 10.1. The molecule has 5 atom stereocenters. The Morgan fingerprint density at radius 3 is 1.08 bits per heavy atom. The van der Waals surface area contributed by atoms with Gasteiger partial charge >= 0.3 is 5.97 Å². The molecule has 0 aromatic carbocycles. The van der Waals surface area contributed by atoms with E-state index in [1.54, 1.807) is 0 Å². The van der Waals surface area contributed by atoms with Crippen LogP contribution in [-0.2, 0) is 57.5 Å². The molecule has 25 heteroatoms. The number of hydrogen-bond donors (Lipinski definition) is 13. The Bertz CT molecular complexity index is 1350. The number of nitrogens with two attached hydrogens (primary N) is 6. The van der Waals surface area contributed by atoms with Gasteiger partial charge in [-0.05, 0) is 0 Å². The summed E-state index contributed by atoms with van der Waals surface area (Å²) in [6.07, 6.45) is -3.85. The molecule has 0 aliphatic rings. The summed E-state index contributed by atoms with van der Waals surface area (Å²) in [5, 5.41) is 21.2. The Morgan fingerprint density at radius 1 is 0.429 bits per heavy atom. The van der Waals surface area contributed by atoms with Crippen LogP contribution < -0.4 is 66.3 Å². The molecule has 0 spiro atoms. The molecule has 272 valence electrons. The fraction of sp³-hybridized carbons (Fsp3) is 0.500. The third kappa shape index (κ3) is 18.4. The summed E-state index contributed by atoms with van der Waals surface area (Å²) in [7, 11) is 0. The zero-order valence-corrected chi connectivity index (χ0v) is 25.6. The highest BCUT2D eigenvalue weighted by molar-refractivity contribution is 5.98. The van der Waals surface area contributed by atoms with Crippen molar-refractivity contribution in [2.45, 2.75) is 62.3 Å². The van der Waals surface area contributed by atoms with E-state index in [0.29, 0.717) is 0 Å². The number of aliphatic carboxylic acids is 1. The van der Waals surface area contributed by atoms with Crippen molar-refractivity contribution in [2.75, 3.05) is 13.1 Å². The number of nitrogens with one attached hydrogen (secondary N) is 6. The van der Waals surface area contributed by atoms with Crippen molar-refractivity contribution in [3.8, 4) is 0 Å². The third-order valence-corrected chi connectivity index (χ3v) is 5.78. The monoisotopic (exact) mass is 702 g/mol. The van der Waals surface area contributed by atoms with Crippen molar-refractivity contribution in [3.05, 3.63) is 0 Å². The van der Waals surface area contributed by atoms with Gasteiger partial charge in [0.05, 0.1) is 51.2 Å². The van der Waals surface area contributed by atoms with E-state index in [9.17, 15) is 57.5 Å². The van der Waals surface area contributed by atoms with Crippen molar-refractivity contribution in [1.82, 2.24) is 31.9 Å². The number of amides is 11. The normalized spacial score (nSPS) is 13.4. The summed E-state index contributed by atoms with van der Waals surface area (Å²) in [6.45, 7) is -1.85. The largest absolute Gasteiger partial charge is 0.480 e. The maximum atomic E-state index is 12.7. The molecule has 0 saturated heterocycles. The molecule has 0 fully saturated rings. The lowest BCUT2D eigenvalue weighted by atomic mass is 10.1. The third-order valence-electron chi connectivity index (χ3n) is 5.78. The number of carboxylic acid groups (broad SMARTS) is 1. The molecule has 0 saturated carbocycles. The Kier molecular flexibility index (Phi) is 18.0. The molecule has 0 radical (unpaired) electrons. The Labute approximate surface area is 275 Å². The van der Waals surface area contributed by atoms with Crippen molar-refractivity contribution in [1.29, 1.82) is 0 Å². The molecule has 0 bridgehead atoms. The van der Waals surface area contributed by atoms with E-state index in [1.807, 2.05) is 21.3 Å². The van der Waals surface area contributed by atoms with Gasteiger partial charge in [0.25, 0.3) is 0 Å². The van der Waals surface area contributed by atoms with Gasteiger partial charge in [0.1, 0.15) is 24.2 Å². The van der Waals surface area contributed by atoms with Gasteiger partial charge < -0.3 is 71.4 Å². The Hall–Kier alpha value is -6.40. The van der Waals surface area contributed by atoms with Gasteiger partial charge in [0.15, 0.2) is 0 Å². The Balaban J connectivity index is 5.41. The smallest absolute Gasteiger partial charge is 0.326 e. The van der Waals surface area contributed by atoms with Crippen LogP contribution in [0.1, 0.15) is 32.1 Å². The molecule has 0 unspecified atom stereocenters. The summed E-state index contributed by atoms with van der Waals surface area (Å²) in [5.74, 6) is -13.8. The maximum Gasteiger partial charge on any atom is 0.326 e. The minimum absolute atomic E-state index is 0.598. The first-order chi connectivity index (χ1) is 22.6. The maximum absolute atomic E-state index is 12.7. The minimum Gasteiger partial charge on any atom is -0.480 e. The van der Waals surface area contributed by atoms with Gasteiger partial charge in [-0.1, -0.05) is 0 Å². The van der Waals surface area contributed by atoms with Crippen LogP contribution in [0.25, 0.3) is 0 Å². The zero-order valence-electron chi connectivity index (χ0n) is 25.6. The lowest BCUT2D eigenvalue weighted by Crippen LogP contribution is -2.56. The molecule has 0 rings (SSSR count). The fourth-order valence-electron chi connectivity index (χ4n) is 3.57. The zero-order chi connectivity index (χ0) is 38.0. The highest BCUT2D eigenvalue weighted by Gasteiger charge is 2.30. The number of hydrogen-bond acceptors (Lipinski definition) is 13. The van der Waals surface area contributed by atoms with Crippen LogP contribution in [0.5, 0.6) is 0 Å². The Morgan fingerprint density at radius 2 is 0.735 bits per heavy atom. The standard InChI is InChI=1S/C24H38N12O13/c25-8(1-13(26)37)20(44)35-10(3-15(28)39)22(46)32-6-18(42)33-9(2-14(27)38)21(45)31-7-19(43)34-11(4-16(29)40)23(47)36-12(24(48)49)5-17(30)41/h8-12H,1-7,25H2,(H2,26,37)(H2,27,38)(H2,28,39)(H2,29,40)(H2,30,41)(H,31,45)(H,32,46)(H,33,42)(H,34,43)(H,35,44)(H,36,47)(H,48,49)/t8-,9-,10-,11-,12-/m0/s1. The second-order valence-corrected chi connectivity index (χ2v) is 10.1. The summed E-state index contributed by atoms with van der Waals surface area (Å²) in [6, 6.07) is -8.47. The fourth-order valence-corrected chi connectivity index (χ4v) is 3.57. The van der Waals surface area contributed by atoms with Gasteiger partial charge in [0.2, 0.25) is 65.0 Å². The van der Waals surface area contributed by atoms with Crippen LogP contribution in [0, 0.1) is 0 Å². The molecule has 19 N–H and O–H groups in total. The average molecular weight is 703 g/mol. The average Bonchev–Trinajstić information content (AvgIpc) is 2.95. The van der Waals surface area contributed by atoms with Crippen LogP contribution in [0.15, 0.2) is 0 Å². The summed E-state index contributed by atoms with van der Waals surface area (Å²) < 4.78 is 0. The van der Waals surface area contributed by atoms with E-state index >= 15 is 0 Å². The van der Waals surface area contributed by atoms with Crippen molar-refractivity contribution in [2.24, 2.45) is 34.4 Å². The molecule has 49 heavy (non-hydrogen) atoms. The van der Waals surface area contributed by atoms with Crippen LogP contribution in [0.2, 0.25) is 0 Å². The predicted molar refractivity (Wildman–Crippen MR) is 158 cm³/mol. The topological polar surface area (TPSA) is 453 Å². The van der Waals surface area contributed by atoms with E-state index in [1.165, 1.54) is 0 Å². The van der Waals surface area contributed by atoms with E-state index in [2.05, 4.69) is 10.6 Å². The van der Waals surface area contributed by atoms with Crippen molar-refractivity contribution in [3.63, 3.8) is 0 Å². The van der Waals surface area contributed by atoms with Crippen LogP contribution >= 0.6 is 0 Å². The number of carbonyl (C=O) groups is 12. The summed E-state index contributed by atoms with van der Waals surface area (Å²) >= 11 is 0. The highest BCUT2D eigenvalue weighted by atomic mass is 16.4. The second kappa shape index (κ2) is 20.7. The molecule has 11 amide bonds. The first kappa shape index (κ1) is 42.6. The van der Waals surface area contributed by atoms with Gasteiger partial charge in [-0.15, -0.1) is 0 Å². The van der Waals surface area contributed by atoms with Crippen molar-refractivity contribution >= 4 is 70.9 Å². The molecule has 0 aliphatic heterocycles. The van der Waals surface area contributed by atoms with Gasteiger partial charge in [-0.3, -0.25) is 52.7 Å². The van der Waals surface area contributed by atoms with Crippen LogP contribution in [0.4, 0.5) is 0 Å². The van der Waals surface area contributed by atoms with E-state index in [4.69, 9.17) is 39.5 Å². The van der Waals surface area contributed by atoms with E-state index in [0.717, 1.165) is 0 Å². The van der Waals surface area contributed by atoms with Crippen LogP contribution in [-0.4, -0.2) is 119 Å². The molecule has 0 heterocycles. The number of carbonyl (C=O) groups excluding carboxylic acids is 11. The lowest BCUT2D eigenvalue weighted by molar-refractivity contribution is -0.143. The highest BCUT2D eigenvalue weighted by Crippen LogP contribution is 1.99. The predicted octanol–water partition coefficient (Wildman–Crippen LogP) is -10.1. The summed E-state index contributed by atoms with van der Waals surface area (Å²) in [5.41, 5.74) is 30.6. The van der Waals surface area contributed by atoms with E-state index in [-0.39, 0.29) is 0 Å². The van der Waals surface area contributed by atoms with Crippen molar-refractivity contribution < 1.29 is 62.6 Å². The molecule has 0 aromatic rings. The van der Waals surface area contributed by atoms with Gasteiger partial charge in [-0.2, -0.15) is 0 Å². The molecule has 25 nitrogen and oxygen atoms in total. The molecule has 0 aliphatic carbocycles. The van der Waals surface area contributed by atoms with Gasteiger partial charge in [0, 0.05) is 0 Å². The first-order valence-electron chi connectivity index (χ1n) is 13.8. The number of carboxylic acids is 1. The summed E-state index contributed by atoms with van der Waals surface area (Å²) in [4.78, 5) is 142. The first-order valence-corrected chi connectivity index (χ1v) is 13.8. The van der Waals surface area contributed by atoms with Crippen LogP contribution in [0.3, 0.4) is 0 Å². The SMILES string of the molecule is NC(=O)C[C@H](NC(=O)[C@H](CC(N)=O)NC(=O)CNC(=O)[C@H](CC(N)=O)NC(=O)CNC(=O)[C@H](CC(N)=O)NC(=O)[C@@H](N)CC(N)=O)C(=O)O. The van der Waals surface area contributed by atoms with E-state index < -0.39 is 146 Å². The number of primary amides is 5. The molecule has 0 aromatic heterocycles. The van der Waals surface area contributed by atoms with Gasteiger partial charge in [-0.25, -0.2) is 4.79 Å². The molecular formula is C24H38N12O13. The molecular weight excluding hydrogens is 664 g/mol.